The summed E-state index contributed by atoms with van der Waals surface area (Å²) in [4.78, 5) is 2.53. The molecule has 0 aliphatic carbocycles. The molecule has 1 aliphatic rings. The van der Waals surface area contributed by atoms with Crippen LogP contribution in [0.3, 0.4) is 0 Å². The topological polar surface area (TPSA) is 21.7 Å². The Morgan fingerprint density at radius 3 is 2.40 bits per heavy atom. The first kappa shape index (κ1) is 15.2. The molecule has 1 fully saturated rings. The van der Waals surface area contributed by atoms with Crippen molar-refractivity contribution in [2.24, 2.45) is 0 Å². The van der Waals surface area contributed by atoms with Crippen LogP contribution in [0.4, 0.5) is 0 Å². The Morgan fingerprint density at radius 2 is 1.75 bits per heavy atom. The van der Waals surface area contributed by atoms with Crippen LogP contribution in [-0.4, -0.2) is 38.3 Å². The number of methoxy groups -OCH3 is 1. The van der Waals surface area contributed by atoms with Gasteiger partial charge < -0.3 is 9.47 Å². The molecule has 0 N–H and O–H groups in total. The zero-order valence-electron chi connectivity index (χ0n) is 12.9. The maximum atomic E-state index is 5.99. The van der Waals surface area contributed by atoms with Crippen molar-refractivity contribution in [3.8, 4) is 11.5 Å². The fourth-order valence-electron chi connectivity index (χ4n) is 2.86. The summed E-state index contributed by atoms with van der Waals surface area (Å²) in [6.45, 7) is 6.38. The summed E-state index contributed by atoms with van der Waals surface area (Å²) >= 11 is 0. The van der Waals surface area contributed by atoms with E-state index in [-0.39, 0.29) is 0 Å². The van der Waals surface area contributed by atoms with E-state index in [0.29, 0.717) is 0 Å². The van der Waals surface area contributed by atoms with Crippen LogP contribution in [0.1, 0.15) is 38.2 Å². The third kappa shape index (κ3) is 4.14. The van der Waals surface area contributed by atoms with Crippen molar-refractivity contribution in [1.82, 2.24) is 4.90 Å². The molecule has 1 heterocycles. The minimum Gasteiger partial charge on any atom is -0.496 e. The quantitative estimate of drug-likeness (QED) is 0.794. The van der Waals surface area contributed by atoms with E-state index < -0.39 is 0 Å². The minimum absolute atomic E-state index is 0.764. The maximum Gasteiger partial charge on any atom is 0.126 e. The largest absolute Gasteiger partial charge is 0.496 e. The molecule has 0 aromatic heterocycles. The number of rotatable bonds is 6. The number of ether oxygens (including phenoxy) is 2. The molecule has 1 aromatic carbocycles. The lowest BCUT2D eigenvalue weighted by Crippen LogP contribution is -2.29. The van der Waals surface area contributed by atoms with E-state index in [9.17, 15) is 0 Å². The number of nitrogens with zero attached hydrogens (tertiary/aromatic N) is 1. The smallest absolute Gasteiger partial charge is 0.126 e. The van der Waals surface area contributed by atoms with E-state index in [1.807, 2.05) is 18.2 Å². The van der Waals surface area contributed by atoms with Crippen LogP contribution in [0, 0.1) is 0 Å². The summed E-state index contributed by atoms with van der Waals surface area (Å²) in [6.07, 6.45) is 6.36. The molecular formula is C17H27NO2. The van der Waals surface area contributed by atoms with Gasteiger partial charge in [-0.2, -0.15) is 0 Å². The average molecular weight is 277 g/mol. The van der Waals surface area contributed by atoms with E-state index in [1.54, 1.807) is 7.11 Å². The predicted molar refractivity (Wildman–Crippen MR) is 82.8 cm³/mol. The van der Waals surface area contributed by atoms with Gasteiger partial charge in [-0.3, -0.25) is 4.90 Å². The van der Waals surface area contributed by atoms with Gasteiger partial charge in [0.15, 0.2) is 0 Å². The molecule has 1 aliphatic heterocycles. The number of benzene rings is 1. The van der Waals surface area contributed by atoms with E-state index in [4.69, 9.17) is 9.47 Å². The summed E-state index contributed by atoms with van der Waals surface area (Å²) in [5.74, 6) is 1.90. The molecule has 0 amide bonds. The Morgan fingerprint density at radius 1 is 1.05 bits per heavy atom. The third-order valence-electron chi connectivity index (χ3n) is 4.03. The molecule has 0 atom stereocenters. The van der Waals surface area contributed by atoms with Crippen LogP contribution in [-0.2, 0) is 6.42 Å². The second-order valence-corrected chi connectivity index (χ2v) is 5.39. The van der Waals surface area contributed by atoms with Crippen molar-refractivity contribution in [2.45, 2.75) is 39.0 Å². The van der Waals surface area contributed by atoms with E-state index in [2.05, 4.69) is 11.8 Å². The molecule has 0 bridgehead atoms. The molecular weight excluding hydrogens is 250 g/mol. The third-order valence-corrected chi connectivity index (χ3v) is 4.03. The van der Waals surface area contributed by atoms with Gasteiger partial charge in [-0.05, 0) is 44.5 Å². The van der Waals surface area contributed by atoms with Crippen molar-refractivity contribution in [1.29, 1.82) is 0 Å². The zero-order chi connectivity index (χ0) is 14.2. The zero-order valence-corrected chi connectivity index (χ0v) is 12.9. The van der Waals surface area contributed by atoms with Gasteiger partial charge in [0.1, 0.15) is 18.1 Å². The second kappa shape index (κ2) is 8.15. The Kier molecular flexibility index (Phi) is 6.19. The Labute approximate surface area is 122 Å². The molecule has 0 spiro atoms. The summed E-state index contributed by atoms with van der Waals surface area (Å²) < 4.78 is 11.4. The van der Waals surface area contributed by atoms with Crippen molar-refractivity contribution >= 4 is 0 Å². The van der Waals surface area contributed by atoms with Crippen LogP contribution in [0.2, 0.25) is 0 Å². The Balaban J connectivity index is 1.87. The van der Waals surface area contributed by atoms with E-state index >= 15 is 0 Å². The second-order valence-electron chi connectivity index (χ2n) is 5.39. The molecule has 3 heteroatoms. The Hall–Kier alpha value is -1.22. The van der Waals surface area contributed by atoms with Gasteiger partial charge in [0, 0.05) is 12.1 Å². The van der Waals surface area contributed by atoms with Gasteiger partial charge in [-0.1, -0.05) is 25.8 Å². The summed E-state index contributed by atoms with van der Waals surface area (Å²) in [7, 11) is 1.72. The normalized spacial score (nSPS) is 16.7. The first-order chi connectivity index (χ1) is 9.85. The van der Waals surface area contributed by atoms with Gasteiger partial charge in [-0.15, -0.1) is 0 Å². The molecule has 20 heavy (non-hydrogen) atoms. The van der Waals surface area contributed by atoms with Gasteiger partial charge in [0.05, 0.1) is 7.11 Å². The monoisotopic (exact) mass is 277 g/mol. The van der Waals surface area contributed by atoms with E-state index in [1.165, 1.54) is 44.3 Å². The first-order valence-corrected chi connectivity index (χ1v) is 7.86. The summed E-state index contributed by atoms with van der Waals surface area (Å²) in [6, 6.07) is 6.05. The number of hydrogen-bond donors (Lipinski definition) is 0. The number of hydrogen-bond acceptors (Lipinski definition) is 3. The van der Waals surface area contributed by atoms with Gasteiger partial charge in [0.25, 0.3) is 0 Å². The molecule has 112 valence electrons. The van der Waals surface area contributed by atoms with Crippen LogP contribution >= 0.6 is 0 Å². The lowest BCUT2D eigenvalue weighted by Gasteiger charge is -2.20. The first-order valence-electron chi connectivity index (χ1n) is 7.86. The summed E-state index contributed by atoms with van der Waals surface area (Å²) in [5.41, 5.74) is 1.17. The van der Waals surface area contributed by atoms with Crippen molar-refractivity contribution in [3.05, 3.63) is 23.8 Å². The van der Waals surface area contributed by atoms with Crippen LogP contribution in [0.5, 0.6) is 11.5 Å². The highest BCUT2D eigenvalue weighted by Gasteiger charge is 2.11. The van der Waals surface area contributed by atoms with Gasteiger partial charge >= 0.3 is 0 Å². The molecule has 0 radical (unpaired) electrons. The fourth-order valence-corrected chi connectivity index (χ4v) is 2.86. The molecule has 3 nitrogen and oxygen atoms in total. The van der Waals surface area contributed by atoms with E-state index in [0.717, 1.165) is 31.1 Å². The standard InChI is InChI=1S/C17H27NO2/c1-3-15-16(19-2)9-8-10-17(15)20-14-13-18-11-6-4-5-7-12-18/h8-10H,3-7,11-14H2,1-2H3. The molecule has 0 saturated carbocycles. The molecule has 0 unspecified atom stereocenters. The van der Waals surface area contributed by atoms with Crippen molar-refractivity contribution in [2.75, 3.05) is 33.4 Å². The lowest BCUT2D eigenvalue weighted by molar-refractivity contribution is 0.212. The fraction of sp³-hybridized carbons (Fsp3) is 0.647. The summed E-state index contributed by atoms with van der Waals surface area (Å²) in [5, 5.41) is 0. The average Bonchev–Trinajstić information content (AvgIpc) is 2.75. The van der Waals surface area contributed by atoms with Crippen LogP contribution < -0.4 is 9.47 Å². The van der Waals surface area contributed by atoms with Crippen molar-refractivity contribution < 1.29 is 9.47 Å². The lowest BCUT2D eigenvalue weighted by atomic mass is 10.1. The SMILES string of the molecule is CCc1c(OC)cccc1OCCN1CCCCCC1. The highest BCUT2D eigenvalue weighted by molar-refractivity contribution is 5.44. The molecule has 1 aromatic rings. The maximum absolute atomic E-state index is 5.99. The minimum atomic E-state index is 0.764. The Bertz CT molecular complexity index is 398. The van der Waals surface area contributed by atoms with Gasteiger partial charge in [0.2, 0.25) is 0 Å². The highest BCUT2D eigenvalue weighted by atomic mass is 16.5. The van der Waals surface area contributed by atoms with Gasteiger partial charge in [-0.25, -0.2) is 0 Å². The highest BCUT2D eigenvalue weighted by Crippen LogP contribution is 2.28. The predicted octanol–water partition coefficient (Wildman–Crippen LogP) is 3.51. The van der Waals surface area contributed by atoms with Crippen LogP contribution in [0.25, 0.3) is 0 Å². The van der Waals surface area contributed by atoms with Crippen LogP contribution in [0.15, 0.2) is 18.2 Å². The van der Waals surface area contributed by atoms with Crippen molar-refractivity contribution in [3.63, 3.8) is 0 Å². The molecule has 2 rings (SSSR count). The molecule has 1 saturated heterocycles. The number of likely N-dealkylation sites (tertiary alicyclic amines) is 1.